The maximum atomic E-state index is 14.3. The fourth-order valence-corrected chi connectivity index (χ4v) is 7.43. The number of carbonyl (C=O) groups excluding carboxylic acids is 3. The Kier molecular flexibility index (Phi) is 7.22. The van der Waals surface area contributed by atoms with E-state index in [0.29, 0.717) is 25.1 Å². The fourth-order valence-electron chi connectivity index (χ4n) is 7.43. The van der Waals surface area contributed by atoms with E-state index in [-0.39, 0.29) is 36.2 Å². The Morgan fingerprint density at radius 1 is 1.15 bits per heavy atom. The first-order valence-electron chi connectivity index (χ1n) is 14.3. The first kappa shape index (κ1) is 27.6. The fraction of sp³-hybridized carbons (Fsp3) is 0.581. The van der Waals surface area contributed by atoms with E-state index in [0.717, 1.165) is 17.2 Å². The average molecular weight is 536 g/mol. The van der Waals surface area contributed by atoms with Gasteiger partial charge >= 0.3 is 0 Å². The number of fused-ring (bicyclic) bond motifs is 2. The number of ether oxygens (including phenoxy) is 1. The van der Waals surface area contributed by atoms with Crippen molar-refractivity contribution in [3.8, 4) is 0 Å². The van der Waals surface area contributed by atoms with Crippen LogP contribution in [0.1, 0.15) is 53.9 Å². The summed E-state index contributed by atoms with van der Waals surface area (Å²) in [6.45, 7) is 10.2. The molecule has 3 heterocycles. The summed E-state index contributed by atoms with van der Waals surface area (Å²) >= 11 is 0. The van der Waals surface area contributed by atoms with Gasteiger partial charge in [0.25, 0.3) is 0 Å². The predicted molar refractivity (Wildman–Crippen MR) is 150 cm³/mol. The van der Waals surface area contributed by atoms with Crippen LogP contribution in [0, 0.1) is 23.7 Å². The molecule has 5 rings (SSSR count). The van der Waals surface area contributed by atoms with Crippen LogP contribution in [0.2, 0.25) is 0 Å². The highest BCUT2D eigenvalue weighted by atomic mass is 16.5. The summed E-state index contributed by atoms with van der Waals surface area (Å²) in [6, 6.07) is 12.1. The molecule has 3 aliphatic rings. The molecule has 210 valence electrons. The molecule has 2 aromatic rings. The zero-order valence-electron chi connectivity index (χ0n) is 23.6. The Hall–Kier alpha value is -2.97. The van der Waals surface area contributed by atoms with Crippen LogP contribution in [0.15, 0.2) is 42.5 Å². The zero-order chi connectivity index (χ0) is 28.1. The van der Waals surface area contributed by atoms with Crippen LogP contribution in [0.25, 0.3) is 10.8 Å². The van der Waals surface area contributed by atoms with Crippen LogP contribution >= 0.6 is 0 Å². The Bertz CT molecular complexity index is 1280. The molecule has 3 amide bonds. The number of hydrogen-bond acceptors (Lipinski definition) is 5. The SMILES string of the molecule is CCCNC(=O)[C@@H]1[C@H]2C(=O)N([C@@H](CO)CC(C)C)C(C(=O)Nc3ccc4ccccc4c3)C23CC(C)[C@@]1(C)O3. The summed E-state index contributed by atoms with van der Waals surface area (Å²) in [4.78, 5) is 43.6. The minimum atomic E-state index is -1.15. The topological polar surface area (TPSA) is 108 Å². The smallest absolute Gasteiger partial charge is 0.250 e. The van der Waals surface area contributed by atoms with Gasteiger partial charge in [-0.3, -0.25) is 14.4 Å². The summed E-state index contributed by atoms with van der Waals surface area (Å²) in [5, 5.41) is 18.5. The predicted octanol–water partition coefficient (Wildman–Crippen LogP) is 3.72. The van der Waals surface area contributed by atoms with Crippen LogP contribution in [-0.2, 0) is 19.1 Å². The molecular weight excluding hydrogens is 494 g/mol. The zero-order valence-corrected chi connectivity index (χ0v) is 23.6. The lowest BCUT2D eigenvalue weighted by molar-refractivity contribution is -0.149. The summed E-state index contributed by atoms with van der Waals surface area (Å²) in [5.74, 6) is -2.17. The second-order valence-corrected chi connectivity index (χ2v) is 12.3. The third kappa shape index (κ3) is 4.32. The number of anilines is 1. The molecule has 0 radical (unpaired) electrons. The molecule has 3 saturated heterocycles. The van der Waals surface area contributed by atoms with Crippen molar-refractivity contribution in [2.24, 2.45) is 23.7 Å². The second kappa shape index (κ2) is 10.2. The van der Waals surface area contributed by atoms with Crippen molar-refractivity contribution >= 4 is 34.2 Å². The van der Waals surface area contributed by atoms with Crippen LogP contribution in [0.5, 0.6) is 0 Å². The summed E-state index contributed by atoms with van der Waals surface area (Å²) < 4.78 is 6.77. The van der Waals surface area contributed by atoms with Gasteiger partial charge in [-0.2, -0.15) is 0 Å². The van der Waals surface area contributed by atoms with Gasteiger partial charge in [0.05, 0.1) is 30.1 Å². The van der Waals surface area contributed by atoms with Crippen LogP contribution in [0.3, 0.4) is 0 Å². The van der Waals surface area contributed by atoms with Gasteiger partial charge in [0.1, 0.15) is 11.6 Å². The molecule has 0 aromatic heterocycles. The van der Waals surface area contributed by atoms with E-state index in [1.165, 1.54) is 0 Å². The maximum Gasteiger partial charge on any atom is 0.250 e. The molecule has 3 fully saturated rings. The number of likely N-dealkylation sites (tertiary alicyclic amines) is 1. The van der Waals surface area contributed by atoms with Crippen LogP contribution < -0.4 is 10.6 Å². The molecule has 8 heteroatoms. The van der Waals surface area contributed by atoms with Gasteiger partial charge in [-0.1, -0.05) is 58.0 Å². The number of hydrogen-bond donors (Lipinski definition) is 3. The monoisotopic (exact) mass is 535 g/mol. The molecule has 1 spiro atoms. The van der Waals surface area contributed by atoms with E-state index in [9.17, 15) is 19.5 Å². The highest BCUT2D eigenvalue weighted by Crippen LogP contribution is 2.65. The third-order valence-corrected chi connectivity index (χ3v) is 9.20. The maximum absolute atomic E-state index is 14.3. The number of nitrogens with zero attached hydrogens (tertiary/aromatic N) is 1. The molecule has 0 saturated carbocycles. The lowest BCUT2D eigenvalue weighted by Gasteiger charge is -2.37. The molecule has 0 aliphatic carbocycles. The number of benzene rings is 2. The third-order valence-electron chi connectivity index (χ3n) is 9.20. The van der Waals surface area contributed by atoms with E-state index >= 15 is 0 Å². The van der Waals surface area contributed by atoms with Gasteiger partial charge < -0.3 is 25.4 Å². The minimum Gasteiger partial charge on any atom is -0.394 e. The number of amides is 3. The first-order chi connectivity index (χ1) is 18.6. The average Bonchev–Trinajstić information content (AvgIpc) is 3.42. The van der Waals surface area contributed by atoms with Gasteiger partial charge in [0.15, 0.2) is 0 Å². The molecule has 2 bridgehead atoms. The highest BCUT2D eigenvalue weighted by molar-refractivity contribution is 6.04. The summed E-state index contributed by atoms with van der Waals surface area (Å²) in [7, 11) is 0. The minimum absolute atomic E-state index is 0.0347. The van der Waals surface area contributed by atoms with Gasteiger partial charge in [0.2, 0.25) is 17.7 Å². The van der Waals surface area contributed by atoms with E-state index in [1.807, 2.05) is 77.1 Å². The number of rotatable bonds is 9. The van der Waals surface area contributed by atoms with Gasteiger partial charge in [-0.15, -0.1) is 0 Å². The number of nitrogens with one attached hydrogen (secondary N) is 2. The van der Waals surface area contributed by atoms with Crippen molar-refractivity contribution in [2.75, 3.05) is 18.5 Å². The number of carbonyl (C=O) groups is 3. The van der Waals surface area contributed by atoms with Crippen molar-refractivity contribution in [1.29, 1.82) is 0 Å². The molecule has 3 aliphatic heterocycles. The van der Waals surface area contributed by atoms with Crippen LogP contribution in [-0.4, -0.2) is 64.2 Å². The molecule has 3 N–H and O–H groups in total. The molecule has 39 heavy (non-hydrogen) atoms. The first-order valence-corrected chi connectivity index (χ1v) is 14.3. The van der Waals surface area contributed by atoms with Crippen molar-refractivity contribution < 1.29 is 24.2 Å². The normalized spacial score (nSPS) is 32.1. The van der Waals surface area contributed by atoms with Crippen molar-refractivity contribution in [3.05, 3.63) is 42.5 Å². The van der Waals surface area contributed by atoms with Crippen molar-refractivity contribution in [1.82, 2.24) is 10.2 Å². The standard InChI is InChI=1S/C31H41N3O5/c1-6-13-32-27(36)24-25-29(38)34(23(17-35)14-18(2)3)26(31(25)16-19(4)30(24,5)39-31)28(37)33-22-12-11-20-9-7-8-10-21(20)15-22/h7-12,15,18-19,23-26,35H,6,13-14,16-17H2,1-5H3,(H,32,36)(H,33,37)/t19?,23-,24+,25+,26?,30-,31?/m1/s1. The Balaban J connectivity index is 1.57. The molecule has 7 atom stereocenters. The lowest BCUT2D eigenvalue weighted by Crippen LogP contribution is -2.56. The van der Waals surface area contributed by atoms with Gasteiger partial charge in [-0.05, 0) is 60.9 Å². The van der Waals surface area contributed by atoms with Crippen molar-refractivity contribution in [2.45, 2.75) is 77.2 Å². The summed E-state index contributed by atoms with van der Waals surface area (Å²) in [5.41, 5.74) is -1.39. The highest BCUT2D eigenvalue weighted by Gasteiger charge is 2.80. The largest absolute Gasteiger partial charge is 0.394 e. The Morgan fingerprint density at radius 3 is 2.54 bits per heavy atom. The van der Waals surface area contributed by atoms with E-state index in [1.54, 1.807) is 4.90 Å². The number of aliphatic hydroxyl groups excluding tert-OH is 1. The second-order valence-electron chi connectivity index (χ2n) is 12.3. The molecule has 8 nitrogen and oxygen atoms in total. The van der Waals surface area contributed by atoms with Crippen molar-refractivity contribution in [3.63, 3.8) is 0 Å². The molecule has 2 aromatic carbocycles. The van der Waals surface area contributed by atoms with Gasteiger partial charge in [-0.25, -0.2) is 0 Å². The van der Waals surface area contributed by atoms with E-state index < -0.39 is 35.1 Å². The Morgan fingerprint density at radius 2 is 1.87 bits per heavy atom. The van der Waals surface area contributed by atoms with Crippen LogP contribution in [0.4, 0.5) is 5.69 Å². The quantitative estimate of drug-likeness (QED) is 0.454. The van der Waals surface area contributed by atoms with E-state index in [4.69, 9.17) is 4.74 Å². The van der Waals surface area contributed by atoms with E-state index in [2.05, 4.69) is 10.6 Å². The lowest BCUT2D eigenvalue weighted by atomic mass is 9.62. The Labute approximate surface area is 230 Å². The molecular formula is C31H41N3O5. The van der Waals surface area contributed by atoms with Gasteiger partial charge in [0, 0.05) is 12.2 Å². The molecule has 3 unspecified atom stereocenters. The number of aliphatic hydroxyl groups is 1. The summed E-state index contributed by atoms with van der Waals surface area (Å²) in [6.07, 6.45) is 1.80.